The number of rotatable bonds is 1. The number of nitrogen functional groups attached to an aromatic ring is 1. The number of anilines is 1. The molecule has 3 aromatic rings. The quantitative estimate of drug-likeness (QED) is 0.701. The average Bonchev–Trinajstić information content (AvgIpc) is 2.82. The van der Waals surface area contributed by atoms with Gasteiger partial charge in [-0.25, -0.2) is 9.78 Å². The van der Waals surface area contributed by atoms with Gasteiger partial charge in [0, 0.05) is 12.6 Å². The molecule has 92 valence electrons. The molecule has 0 saturated carbocycles. The molecular formula is C11H9ClN4O2. The van der Waals surface area contributed by atoms with Crippen molar-refractivity contribution in [1.82, 2.24) is 14.5 Å². The normalized spacial score (nSPS) is 11.2. The van der Waals surface area contributed by atoms with Crippen LogP contribution in [-0.4, -0.2) is 14.5 Å². The fourth-order valence-corrected chi connectivity index (χ4v) is 2.02. The average molecular weight is 265 g/mol. The summed E-state index contributed by atoms with van der Waals surface area (Å²) >= 11 is 6.13. The highest BCUT2D eigenvalue weighted by molar-refractivity contribution is 6.32. The summed E-state index contributed by atoms with van der Waals surface area (Å²) in [6.07, 6.45) is 0. The van der Waals surface area contributed by atoms with Gasteiger partial charge in [0.2, 0.25) is 5.95 Å². The zero-order valence-corrected chi connectivity index (χ0v) is 10.2. The predicted octanol–water partition coefficient (Wildman–Crippen LogP) is 1.76. The largest absolute Gasteiger partial charge is 0.417 e. The number of hydrogen-bond donors (Lipinski definition) is 2. The van der Waals surface area contributed by atoms with Crippen LogP contribution in [0.3, 0.4) is 0 Å². The monoisotopic (exact) mass is 264 g/mol. The molecule has 3 rings (SSSR count). The molecule has 0 aliphatic rings. The molecule has 18 heavy (non-hydrogen) atoms. The number of nitrogens with one attached hydrogen (secondary N) is 1. The second-order valence-corrected chi connectivity index (χ2v) is 4.25. The van der Waals surface area contributed by atoms with Gasteiger partial charge in [0.15, 0.2) is 5.58 Å². The van der Waals surface area contributed by atoms with Crippen LogP contribution in [0.2, 0.25) is 5.15 Å². The molecule has 0 bridgehead atoms. The van der Waals surface area contributed by atoms with Gasteiger partial charge in [0.25, 0.3) is 0 Å². The zero-order valence-electron chi connectivity index (χ0n) is 9.40. The van der Waals surface area contributed by atoms with Gasteiger partial charge in [-0.05, 0) is 18.2 Å². The van der Waals surface area contributed by atoms with E-state index in [-0.39, 0.29) is 0 Å². The Morgan fingerprint density at radius 2 is 2.28 bits per heavy atom. The van der Waals surface area contributed by atoms with E-state index in [4.69, 9.17) is 21.8 Å². The summed E-state index contributed by atoms with van der Waals surface area (Å²) in [6, 6.07) is 5.20. The summed E-state index contributed by atoms with van der Waals surface area (Å²) < 4.78 is 6.51. The third-order valence-corrected chi connectivity index (χ3v) is 3.18. The van der Waals surface area contributed by atoms with Crippen molar-refractivity contribution in [2.24, 2.45) is 7.05 Å². The van der Waals surface area contributed by atoms with E-state index in [1.807, 2.05) is 0 Å². The Hall–Kier alpha value is -2.21. The smallest absolute Gasteiger partial charge is 0.408 e. The van der Waals surface area contributed by atoms with Crippen molar-refractivity contribution in [3.05, 3.63) is 33.9 Å². The second-order valence-electron chi connectivity index (χ2n) is 3.89. The van der Waals surface area contributed by atoms with Crippen LogP contribution in [0.1, 0.15) is 0 Å². The number of H-pyrrole nitrogens is 1. The predicted molar refractivity (Wildman–Crippen MR) is 68.5 cm³/mol. The molecule has 0 fully saturated rings. The summed E-state index contributed by atoms with van der Waals surface area (Å²) in [5, 5.41) is 0.442. The first kappa shape index (κ1) is 10.9. The molecule has 1 aromatic carbocycles. The van der Waals surface area contributed by atoms with Gasteiger partial charge in [-0.2, -0.15) is 0 Å². The maximum absolute atomic E-state index is 11.1. The Morgan fingerprint density at radius 3 is 2.94 bits per heavy atom. The van der Waals surface area contributed by atoms with Crippen molar-refractivity contribution in [1.29, 1.82) is 0 Å². The lowest BCUT2D eigenvalue weighted by molar-refractivity contribution is 0.555. The van der Waals surface area contributed by atoms with Crippen molar-refractivity contribution >= 4 is 28.6 Å². The van der Waals surface area contributed by atoms with E-state index >= 15 is 0 Å². The number of aromatic nitrogens is 3. The number of nitrogens with two attached hydrogens (primary N) is 1. The maximum Gasteiger partial charge on any atom is 0.417 e. The number of oxazole rings is 1. The van der Waals surface area contributed by atoms with Crippen LogP contribution in [0.4, 0.5) is 5.95 Å². The van der Waals surface area contributed by atoms with Crippen molar-refractivity contribution < 1.29 is 4.42 Å². The van der Waals surface area contributed by atoms with E-state index in [1.54, 1.807) is 29.8 Å². The lowest BCUT2D eigenvalue weighted by Gasteiger charge is -1.98. The van der Waals surface area contributed by atoms with Gasteiger partial charge in [-0.1, -0.05) is 11.6 Å². The van der Waals surface area contributed by atoms with Gasteiger partial charge in [-0.3, -0.25) is 4.98 Å². The number of nitrogens with zero attached hydrogens (tertiary/aromatic N) is 2. The maximum atomic E-state index is 11.1. The van der Waals surface area contributed by atoms with Gasteiger partial charge >= 0.3 is 5.76 Å². The van der Waals surface area contributed by atoms with E-state index in [9.17, 15) is 4.79 Å². The molecule has 6 nitrogen and oxygen atoms in total. The van der Waals surface area contributed by atoms with E-state index in [1.165, 1.54) is 0 Å². The number of hydrogen-bond acceptors (Lipinski definition) is 4. The standard InChI is InChI=1S/C11H9ClN4O2/c1-16-9(12)8(15-10(16)13)5-2-3-7-6(4-5)14-11(17)18-7/h2-4H,1H3,(H2,13,15)(H,14,17). The van der Waals surface area contributed by atoms with Crippen LogP contribution < -0.4 is 11.5 Å². The van der Waals surface area contributed by atoms with Gasteiger partial charge in [0.05, 0.1) is 5.52 Å². The highest BCUT2D eigenvalue weighted by Gasteiger charge is 2.13. The molecule has 3 N–H and O–H groups in total. The van der Waals surface area contributed by atoms with Crippen molar-refractivity contribution in [2.75, 3.05) is 5.73 Å². The first-order chi connectivity index (χ1) is 8.56. The molecular weight excluding hydrogens is 256 g/mol. The summed E-state index contributed by atoms with van der Waals surface area (Å²) in [5.41, 5.74) is 8.10. The first-order valence-electron chi connectivity index (χ1n) is 5.17. The Kier molecular flexibility index (Phi) is 2.21. The molecule has 0 unspecified atom stereocenters. The molecule has 0 radical (unpaired) electrons. The number of halogens is 1. The van der Waals surface area contributed by atoms with Crippen LogP contribution in [0.25, 0.3) is 22.4 Å². The van der Waals surface area contributed by atoms with Crippen LogP contribution in [0.15, 0.2) is 27.4 Å². The molecule has 2 aromatic heterocycles. The lowest BCUT2D eigenvalue weighted by atomic mass is 10.1. The Morgan fingerprint density at radius 1 is 1.50 bits per heavy atom. The molecule has 7 heteroatoms. The molecule has 0 spiro atoms. The topological polar surface area (TPSA) is 89.8 Å². The number of benzene rings is 1. The number of aromatic amines is 1. The lowest BCUT2D eigenvalue weighted by Crippen LogP contribution is -1.96. The van der Waals surface area contributed by atoms with Crippen LogP contribution in [-0.2, 0) is 7.05 Å². The Bertz CT molecular complexity index is 799. The minimum atomic E-state index is -0.492. The van der Waals surface area contributed by atoms with Crippen molar-refractivity contribution in [2.45, 2.75) is 0 Å². The number of imidazole rings is 1. The van der Waals surface area contributed by atoms with Gasteiger partial charge < -0.3 is 14.7 Å². The van der Waals surface area contributed by atoms with E-state index in [0.717, 1.165) is 5.56 Å². The minimum Gasteiger partial charge on any atom is -0.408 e. The van der Waals surface area contributed by atoms with Crippen LogP contribution in [0, 0.1) is 0 Å². The summed E-state index contributed by atoms with van der Waals surface area (Å²) in [6.45, 7) is 0. The van der Waals surface area contributed by atoms with Gasteiger partial charge in [-0.15, -0.1) is 0 Å². The molecule has 0 saturated heterocycles. The summed E-state index contributed by atoms with van der Waals surface area (Å²) in [4.78, 5) is 17.8. The molecule has 2 heterocycles. The SMILES string of the molecule is Cn1c(N)nc(-c2ccc3oc(=O)[nH]c3c2)c1Cl. The summed E-state index contributed by atoms with van der Waals surface area (Å²) in [7, 11) is 1.73. The van der Waals surface area contributed by atoms with Crippen LogP contribution in [0.5, 0.6) is 0 Å². The third kappa shape index (κ3) is 1.50. The molecule has 0 amide bonds. The van der Waals surface area contributed by atoms with E-state index in [0.29, 0.717) is 27.9 Å². The first-order valence-corrected chi connectivity index (χ1v) is 5.55. The van der Waals surface area contributed by atoms with Crippen molar-refractivity contribution in [3.63, 3.8) is 0 Å². The summed E-state index contributed by atoms with van der Waals surface area (Å²) in [5.74, 6) is -0.162. The second kappa shape index (κ2) is 3.64. The van der Waals surface area contributed by atoms with Crippen LogP contribution >= 0.6 is 11.6 Å². The van der Waals surface area contributed by atoms with E-state index < -0.39 is 5.76 Å². The minimum absolute atomic E-state index is 0.329. The zero-order chi connectivity index (χ0) is 12.9. The van der Waals surface area contributed by atoms with Gasteiger partial charge in [0.1, 0.15) is 10.8 Å². The number of fused-ring (bicyclic) bond motifs is 1. The molecule has 0 aliphatic carbocycles. The highest BCUT2D eigenvalue weighted by Crippen LogP contribution is 2.30. The molecule has 0 aliphatic heterocycles. The van der Waals surface area contributed by atoms with E-state index in [2.05, 4.69) is 9.97 Å². The fourth-order valence-electron chi connectivity index (χ4n) is 1.78. The third-order valence-electron chi connectivity index (χ3n) is 2.75. The molecule has 0 atom stereocenters. The fraction of sp³-hybridized carbons (Fsp3) is 0.0909. The Labute approximate surface area is 106 Å². The highest BCUT2D eigenvalue weighted by atomic mass is 35.5. The van der Waals surface area contributed by atoms with Crippen molar-refractivity contribution in [3.8, 4) is 11.3 Å². The Balaban J connectivity index is 2.24.